The monoisotopic (exact) mass is 510 g/mol. The van der Waals surface area contributed by atoms with Crippen molar-refractivity contribution in [1.82, 2.24) is 15.1 Å². The van der Waals surface area contributed by atoms with Gasteiger partial charge in [-0.3, -0.25) is 9.89 Å². The molecule has 0 atom stereocenters. The van der Waals surface area contributed by atoms with Crippen LogP contribution in [0.2, 0.25) is 0 Å². The van der Waals surface area contributed by atoms with Crippen LogP contribution in [0.1, 0.15) is 11.1 Å². The van der Waals surface area contributed by atoms with E-state index in [1.165, 1.54) is 5.56 Å². The van der Waals surface area contributed by atoms with Gasteiger partial charge in [0.15, 0.2) is 17.5 Å². The molecule has 1 heterocycles. The second-order valence-electron chi connectivity index (χ2n) is 6.80. The van der Waals surface area contributed by atoms with E-state index in [1.54, 1.807) is 14.2 Å². The Kier molecular flexibility index (Phi) is 9.53. The molecular formula is C22H31IN4O2. The van der Waals surface area contributed by atoms with Crippen molar-refractivity contribution < 1.29 is 9.47 Å². The van der Waals surface area contributed by atoms with E-state index in [0.717, 1.165) is 55.7 Å². The van der Waals surface area contributed by atoms with E-state index in [9.17, 15) is 0 Å². The van der Waals surface area contributed by atoms with Crippen molar-refractivity contribution in [1.29, 1.82) is 0 Å². The minimum atomic E-state index is 0. The van der Waals surface area contributed by atoms with Crippen molar-refractivity contribution in [2.45, 2.75) is 13.1 Å². The number of para-hydroxylation sites is 1. The number of hydrogen-bond donors (Lipinski definition) is 1. The first-order valence-corrected chi connectivity index (χ1v) is 9.67. The molecule has 2 aromatic carbocycles. The predicted molar refractivity (Wildman–Crippen MR) is 128 cm³/mol. The zero-order valence-electron chi connectivity index (χ0n) is 17.4. The molecule has 0 bridgehead atoms. The second kappa shape index (κ2) is 11.9. The molecule has 2 aromatic rings. The minimum absolute atomic E-state index is 0. The molecule has 1 N–H and O–H groups in total. The summed E-state index contributed by atoms with van der Waals surface area (Å²) in [7, 11) is 5.16. The van der Waals surface area contributed by atoms with Crippen LogP contribution in [0, 0.1) is 0 Å². The first kappa shape index (κ1) is 23.3. The predicted octanol–water partition coefficient (Wildman–Crippen LogP) is 3.22. The molecule has 1 saturated heterocycles. The number of guanidine groups is 1. The van der Waals surface area contributed by atoms with E-state index in [1.807, 2.05) is 25.2 Å². The van der Waals surface area contributed by atoms with Gasteiger partial charge in [-0.2, -0.15) is 0 Å². The highest BCUT2D eigenvalue weighted by Gasteiger charge is 2.20. The zero-order chi connectivity index (χ0) is 19.8. The Morgan fingerprint density at radius 2 is 1.69 bits per heavy atom. The van der Waals surface area contributed by atoms with Crippen molar-refractivity contribution in [2.75, 3.05) is 47.4 Å². The Bertz CT molecular complexity index is 778. The number of methoxy groups -OCH3 is 2. The fourth-order valence-electron chi connectivity index (χ4n) is 3.56. The Morgan fingerprint density at radius 3 is 2.31 bits per heavy atom. The molecule has 0 amide bonds. The standard InChI is InChI=1S/C22H30N4O2.HI/c1-23-22(24-16-19-10-7-11-20(27-2)21(19)28-3)26-14-12-25(13-15-26)17-18-8-5-4-6-9-18;/h4-11H,12-17H2,1-3H3,(H,23,24);1H. The Morgan fingerprint density at radius 1 is 0.966 bits per heavy atom. The van der Waals surface area contributed by atoms with Gasteiger partial charge in [-0.25, -0.2) is 0 Å². The van der Waals surface area contributed by atoms with Crippen molar-refractivity contribution in [2.24, 2.45) is 4.99 Å². The fraction of sp³-hybridized carbons (Fsp3) is 0.409. The Balaban J connectivity index is 0.00000300. The number of rotatable bonds is 6. The highest BCUT2D eigenvalue weighted by atomic mass is 127. The molecule has 0 radical (unpaired) electrons. The van der Waals surface area contributed by atoms with Crippen LogP contribution in [0.25, 0.3) is 0 Å². The number of aliphatic imine (C=N–C) groups is 1. The SMILES string of the molecule is CN=C(NCc1cccc(OC)c1OC)N1CCN(Cc2ccccc2)CC1.I. The second-order valence-corrected chi connectivity index (χ2v) is 6.80. The van der Waals surface area contributed by atoms with Gasteiger partial charge in [-0.15, -0.1) is 24.0 Å². The summed E-state index contributed by atoms with van der Waals surface area (Å²) >= 11 is 0. The lowest BCUT2D eigenvalue weighted by atomic mass is 10.2. The number of halogens is 1. The first-order valence-electron chi connectivity index (χ1n) is 9.67. The van der Waals surface area contributed by atoms with Gasteiger partial charge < -0.3 is 19.7 Å². The molecule has 0 aliphatic carbocycles. The Hall–Kier alpha value is -2.00. The number of piperazine rings is 1. The van der Waals surface area contributed by atoms with Crippen LogP contribution in [-0.4, -0.2) is 63.2 Å². The van der Waals surface area contributed by atoms with Gasteiger partial charge in [0.2, 0.25) is 0 Å². The van der Waals surface area contributed by atoms with Crippen molar-refractivity contribution >= 4 is 29.9 Å². The lowest BCUT2D eigenvalue weighted by Crippen LogP contribution is -2.52. The maximum absolute atomic E-state index is 5.52. The van der Waals surface area contributed by atoms with Gasteiger partial charge in [-0.05, 0) is 11.6 Å². The summed E-state index contributed by atoms with van der Waals surface area (Å²) in [5.74, 6) is 2.43. The number of ether oxygens (including phenoxy) is 2. The highest BCUT2D eigenvalue weighted by molar-refractivity contribution is 14.0. The molecule has 6 nitrogen and oxygen atoms in total. The van der Waals surface area contributed by atoms with Crippen molar-refractivity contribution in [3.05, 3.63) is 59.7 Å². The van der Waals surface area contributed by atoms with E-state index < -0.39 is 0 Å². The van der Waals surface area contributed by atoms with E-state index in [4.69, 9.17) is 9.47 Å². The third-order valence-electron chi connectivity index (χ3n) is 5.05. The topological polar surface area (TPSA) is 49.3 Å². The molecule has 1 aliphatic heterocycles. The van der Waals surface area contributed by atoms with E-state index in [-0.39, 0.29) is 24.0 Å². The van der Waals surface area contributed by atoms with Crippen LogP contribution in [0.15, 0.2) is 53.5 Å². The molecule has 1 aliphatic rings. The molecule has 158 valence electrons. The zero-order valence-corrected chi connectivity index (χ0v) is 19.8. The van der Waals surface area contributed by atoms with Crippen LogP contribution < -0.4 is 14.8 Å². The summed E-state index contributed by atoms with van der Waals surface area (Å²) in [6.45, 7) is 5.61. The number of hydrogen-bond acceptors (Lipinski definition) is 4. The minimum Gasteiger partial charge on any atom is -0.493 e. The van der Waals surface area contributed by atoms with E-state index >= 15 is 0 Å². The molecular weight excluding hydrogens is 479 g/mol. The van der Waals surface area contributed by atoms with Crippen molar-refractivity contribution in [3.8, 4) is 11.5 Å². The molecule has 3 rings (SSSR count). The van der Waals surface area contributed by atoms with Gasteiger partial charge in [0.05, 0.1) is 14.2 Å². The van der Waals surface area contributed by atoms with Crippen LogP contribution in [0.5, 0.6) is 11.5 Å². The lowest BCUT2D eigenvalue weighted by Gasteiger charge is -2.36. The summed E-state index contributed by atoms with van der Waals surface area (Å²) in [6.07, 6.45) is 0. The lowest BCUT2D eigenvalue weighted by molar-refractivity contribution is 0.172. The molecule has 0 saturated carbocycles. The van der Waals surface area contributed by atoms with Crippen LogP contribution in [-0.2, 0) is 13.1 Å². The number of nitrogens with zero attached hydrogens (tertiary/aromatic N) is 3. The van der Waals surface area contributed by atoms with Crippen LogP contribution in [0.4, 0.5) is 0 Å². The molecule has 0 aromatic heterocycles. The normalized spacial score (nSPS) is 14.9. The van der Waals surface area contributed by atoms with Crippen molar-refractivity contribution in [3.63, 3.8) is 0 Å². The molecule has 29 heavy (non-hydrogen) atoms. The first-order chi connectivity index (χ1) is 13.7. The third-order valence-corrected chi connectivity index (χ3v) is 5.05. The number of benzene rings is 2. The quantitative estimate of drug-likeness (QED) is 0.368. The van der Waals surface area contributed by atoms with Gasteiger partial charge in [0.1, 0.15) is 0 Å². The summed E-state index contributed by atoms with van der Waals surface area (Å²) in [6, 6.07) is 16.6. The average molecular weight is 510 g/mol. The van der Waals surface area contributed by atoms with Crippen LogP contribution in [0.3, 0.4) is 0 Å². The summed E-state index contributed by atoms with van der Waals surface area (Å²) < 4.78 is 10.9. The third kappa shape index (κ3) is 6.24. The summed E-state index contributed by atoms with van der Waals surface area (Å²) in [5.41, 5.74) is 2.41. The highest BCUT2D eigenvalue weighted by Crippen LogP contribution is 2.30. The summed E-state index contributed by atoms with van der Waals surface area (Å²) in [5, 5.41) is 3.47. The summed E-state index contributed by atoms with van der Waals surface area (Å²) in [4.78, 5) is 9.28. The van der Waals surface area contributed by atoms with Gasteiger partial charge in [0.25, 0.3) is 0 Å². The Labute approximate surface area is 190 Å². The van der Waals surface area contributed by atoms with Gasteiger partial charge >= 0.3 is 0 Å². The maximum Gasteiger partial charge on any atom is 0.194 e. The average Bonchev–Trinajstić information content (AvgIpc) is 2.75. The van der Waals surface area contributed by atoms with Gasteiger partial charge in [-0.1, -0.05) is 42.5 Å². The number of nitrogens with one attached hydrogen (secondary N) is 1. The maximum atomic E-state index is 5.52. The smallest absolute Gasteiger partial charge is 0.194 e. The molecule has 0 unspecified atom stereocenters. The molecule has 0 spiro atoms. The van der Waals surface area contributed by atoms with Gasteiger partial charge in [0, 0.05) is 51.9 Å². The van der Waals surface area contributed by atoms with E-state index in [2.05, 4.69) is 50.4 Å². The molecule has 7 heteroatoms. The fourth-order valence-corrected chi connectivity index (χ4v) is 3.56. The van der Waals surface area contributed by atoms with Crippen LogP contribution >= 0.6 is 24.0 Å². The molecule has 1 fully saturated rings. The largest absolute Gasteiger partial charge is 0.493 e. The van der Waals surface area contributed by atoms with E-state index in [0.29, 0.717) is 6.54 Å².